The molecule has 2 unspecified atom stereocenters. The largest absolute Gasteiger partial charge is 0.371 e. The smallest absolute Gasteiger partial charge is 0.0414 e. The third-order valence-corrected chi connectivity index (χ3v) is 3.68. The van der Waals surface area contributed by atoms with Gasteiger partial charge in [0.05, 0.1) is 0 Å². The molecule has 0 radical (unpaired) electrons. The van der Waals surface area contributed by atoms with Crippen LogP contribution in [-0.2, 0) is 0 Å². The Morgan fingerprint density at radius 2 is 2.18 bits per heavy atom. The van der Waals surface area contributed by atoms with Crippen molar-refractivity contribution in [2.45, 2.75) is 33.2 Å². The van der Waals surface area contributed by atoms with Gasteiger partial charge in [0.2, 0.25) is 0 Å². The zero-order valence-corrected chi connectivity index (χ0v) is 11.2. The Morgan fingerprint density at radius 3 is 2.82 bits per heavy atom. The minimum absolute atomic E-state index is 0.437. The van der Waals surface area contributed by atoms with Crippen molar-refractivity contribution in [2.24, 2.45) is 5.92 Å². The second kappa shape index (κ2) is 5.54. The second-order valence-electron chi connectivity index (χ2n) is 5.18. The summed E-state index contributed by atoms with van der Waals surface area (Å²) in [7, 11) is 0. The summed E-state index contributed by atoms with van der Waals surface area (Å²) in [6, 6.07) is 9.26. The standard InChI is InChI=1S/C15H24N2/c1-4-16-13(3)14-7-5-6-8-15(14)17-10-9-12(2)11-17/h5-8,12-13,16H,4,9-11H2,1-3H3. The fourth-order valence-electron chi connectivity index (χ4n) is 2.71. The van der Waals surface area contributed by atoms with Gasteiger partial charge in [-0.2, -0.15) is 0 Å². The predicted octanol–water partition coefficient (Wildman–Crippen LogP) is 3.20. The number of anilines is 1. The fraction of sp³-hybridized carbons (Fsp3) is 0.600. The van der Waals surface area contributed by atoms with Crippen LogP contribution in [0.25, 0.3) is 0 Å². The third-order valence-electron chi connectivity index (χ3n) is 3.68. The number of hydrogen-bond acceptors (Lipinski definition) is 2. The van der Waals surface area contributed by atoms with Crippen molar-refractivity contribution in [3.05, 3.63) is 29.8 Å². The van der Waals surface area contributed by atoms with Crippen LogP contribution in [0.3, 0.4) is 0 Å². The Balaban J connectivity index is 2.21. The lowest BCUT2D eigenvalue weighted by Gasteiger charge is -2.25. The second-order valence-corrected chi connectivity index (χ2v) is 5.18. The van der Waals surface area contributed by atoms with E-state index < -0.39 is 0 Å². The number of rotatable bonds is 4. The number of hydrogen-bond donors (Lipinski definition) is 1. The van der Waals surface area contributed by atoms with E-state index in [1.54, 1.807) is 0 Å². The first kappa shape index (κ1) is 12.4. The molecule has 1 aliphatic heterocycles. The van der Waals surface area contributed by atoms with Crippen LogP contribution in [0.15, 0.2) is 24.3 Å². The number of benzene rings is 1. The Bertz CT molecular complexity index is 362. The normalized spacial score (nSPS) is 21.8. The van der Waals surface area contributed by atoms with Gasteiger partial charge >= 0.3 is 0 Å². The molecule has 1 N–H and O–H groups in total. The molecule has 2 nitrogen and oxygen atoms in total. The van der Waals surface area contributed by atoms with Gasteiger partial charge in [-0.3, -0.25) is 0 Å². The molecule has 0 spiro atoms. The molecule has 0 bridgehead atoms. The lowest BCUT2D eigenvalue weighted by Crippen LogP contribution is -2.24. The van der Waals surface area contributed by atoms with Gasteiger partial charge in [-0.15, -0.1) is 0 Å². The quantitative estimate of drug-likeness (QED) is 0.857. The first-order valence-corrected chi connectivity index (χ1v) is 6.79. The van der Waals surface area contributed by atoms with Crippen molar-refractivity contribution in [3.63, 3.8) is 0 Å². The molecule has 2 heteroatoms. The van der Waals surface area contributed by atoms with Gasteiger partial charge in [-0.25, -0.2) is 0 Å². The van der Waals surface area contributed by atoms with E-state index in [9.17, 15) is 0 Å². The average Bonchev–Trinajstić information content (AvgIpc) is 2.76. The highest BCUT2D eigenvalue weighted by molar-refractivity contribution is 5.55. The number of para-hydroxylation sites is 1. The molecule has 94 valence electrons. The van der Waals surface area contributed by atoms with Crippen molar-refractivity contribution in [3.8, 4) is 0 Å². The summed E-state index contributed by atoms with van der Waals surface area (Å²) in [5, 5.41) is 3.51. The van der Waals surface area contributed by atoms with Crippen LogP contribution in [0, 0.1) is 5.92 Å². The highest BCUT2D eigenvalue weighted by atomic mass is 15.2. The summed E-state index contributed by atoms with van der Waals surface area (Å²) in [6.07, 6.45) is 1.32. The van der Waals surface area contributed by atoms with Crippen LogP contribution in [0.5, 0.6) is 0 Å². The lowest BCUT2D eigenvalue weighted by atomic mass is 10.1. The van der Waals surface area contributed by atoms with Gasteiger partial charge in [0.25, 0.3) is 0 Å². The van der Waals surface area contributed by atoms with E-state index >= 15 is 0 Å². The first-order chi connectivity index (χ1) is 8.22. The molecular formula is C15H24N2. The van der Waals surface area contributed by atoms with E-state index in [4.69, 9.17) is 0 Å². The maximum atomic E-state index is 3.51. The topological polar surface area (TPSA) is 15.3 Å². The minimum Gasteiger partial charge on any atom is -0.371 e. The summed E-state index contributed by atoms with van der Waals surface area (Å²) in [5.74, 6) is 0.831. The van der Waals surface area contributed by atoms with Gasteiger partial charge in [-0.1, -0.05) is 32.0 Å². The molecule has 0 amide bonds. The molecule has 0 aromatic heterocycles. The highest BCUT2D eigenvalue weighted by Gasteiger charge is 2.21. The van der Waals surface area contributed by atoms with Gasteiger partial charge in [-0.05, 0) is 37.4 Å². The molecule has 17 heavy (non-hydrogen) atoms. The Kier molecular flexibility index (Phi) is 4.06. The third kappa shape index (κ3) is 2.81. The molecular weight excluding hydrogens is 208 g/mol. The SMILES string of the molecule is CCNC(C)c1ccccc1N1CCC(C)C1. The van der Waals surface area contributed by atoms with E-state index in [-0.39, 0.29) is 0 Å². The van der Waals surface area contributed by atoms with Crippen LogP contribution >= 0.6 is 0 Å². The van der Waals surface area contributed by atoms with Crippen LogP contribution < -0.4 is 10.2 Å². The Labute approximate surface area is 105 Å². The summed E-state index contributed by atoms with van der Waals surface area (Å²) in [5.41, 5.74) is 2.86. The van der Waals surface area contributed by atoms with Crippen molar-refractivity contribution in [2.75, 3.05) is 24.5 Å². The Morgan fingerprint density at radius 1 is 1.41 bits per heavy atom. The van der Waals surface area contributed by atoms with Crippen molar-refractivity contribution < 1.29 is 0 Å². The maximum absolute atomic E-state index is 3.51. The van der Waals surface area contributed by atoms with E-state index in [0.717, 1.165) is 12.5 Å². The molecule has 1 saturated heterocycles. The molecule has 1 fully saturated rings. The summed E-state index contributed by atoms with van der Waals surface area (Å²) in [4.78, 5) is 2.54. The summed E-state index contributed by atoms with van der Waals surface area (Å²) < 4.78 is 0. The van der Waals surface area contributed by atoms with Crippen molar-refractivity contribution >= 4 is 5.69 Å². The van der Waals surface area contributed by atoms with Crippen molar-refractivity contribution in [1.29, 1.82) is 0 Å². The zero-order chi connectivity index (χ0) is 12.3. The molecule has 2 rings (SSSR count). The molecule has 1 aliphatic rings. The summed E-state index contributed by atoms with van der Waals surface area (Å²) in [6.45, 7) is 10.2. The fourth-order valence-corrected chi connectivity index (χ4v) is 2.71. The van der Waals surface area contributed by atoms with E-state index in [1.807, 2.05) is 0 Å². The Hall–Kier alpha value is -1.02. The van der Waals surface area contributed by atoms with Crippen LogP contribution in [0.4, 0.5) is 5.69 Å². The lowest BCUT2D eigenvalue weighted by molar-refractivity contribution is 0.596. The van der Waals surface area contributed by atoms with Gasteiger partial charge in [0.15, 0.2) is 0 Å². The zero-order valence-electron chi connectivity index (χ0n) is 11.2. The molecule has 1 aromatic rings. The summed E-state index contributed by atoms with van der Waals surface area (Å²) >= 11 is 0. The van der Waals surface area contributed by atoms with E-state index in [0.29, 0.717) is 6.04 Å². The highest BCUT2D eigenvalue weighted by Crippen LogP contribution is 2.30. The number of nitrogens with zero attached hydrogens (tertiary/aromatic N) is 1. The van der Waals surface area contributed by atoms with Gasteiger partial charge in [0, 0.05) is 24.8 Å². The molecule has 2 atom stereocenters. The van der Waals surface area contributed by atoms with Crippen LogP contribution in [-0.4, -0.2) is 19.6 Å². The average molecular weight is 232 g/mol. The minimum atomic E-state index is 0.437. The molecule has 0 saturated carbocycles. The number of nitrogens with one attached hydrogen (secondary N) is 1. The van der Waals surface area contributed by atoms with Gasteiger partial charge < -0.3 is 10.2 Å². The monoisotopic (exact) mass is 232 g/mol. The van der Waals surface area contributed by atoms with Crippen LogP contribution in [0.1, 0.15) is 38.8 Å². The predicted molar refractivity (Wildman–Crippen MR) is 74.5 cm³/mol. The van der Waals surface area contributed by atoms with E-state index in [1.165, 1.54) is 30.8 Å². The first-order valence-electron chi connectivity index (χ1n) is 6.79. The maximum Gasteiger partial charge on any atom is 0.0414 e. The molecule has 0 aliphatic carbocycles. The molecule has 1 heterocycles. The van der Waals surface area contributed by atoms with Crippen molar-refractivity contribution in [1.82, 2.24) is 5.32 Å². The molecule has 1 aromatic carbocycles. The van der Waals surface area contributed by atoms with E-state index in [2.05, 4.69) is 55.3 Å². The van der Waals surface area contributed by atoms with Gasteiger partial charge in [0.1, 0.15) is 0 Å². The van der Waals surface area contributed by atoms with Crippen LogP contribution in [0.2, 0.25) is 0 Å².